The van der Waals surface area contributed by atoms with Gasteiger partial charge in [-0.25, -0.2) is 12.7 Å². The number of amides is 1. The van der Waals surface area contributed by atoms with E-state index in [0.29, 0.717) is 22.9 Å². The van der Waals surface area contributed by atoms with Crippen molar-refractivity contribution in [1.29, 1.82) is 0 Å². The van der Waals surface area contributed by atoms with Gasteiger partial charge in [-0.05, 0) is 37.3 Å². The van der Waals surface area contributed by atoms with Gasteiger partial charge in [0, 0.05) is 31.5 Å². The third-order valence-electron chi connectivity index (χ3n) is 4.03. The van der Waals surface area contributed by atoms with Crippen LogP contribution in [0.5, 0.6) is 11.5 Å². The summed E-state index contributed by atoms with van der Waals surface area (Å²) in [5.41, 5.74) is 1.12. The summed E-state index contributed by atoms with van der Waals surface area (Å²) in [4.78, 5) is 12.6. The van der Waals surface area contributed by atoms with Gasteiger partial charge >= 0.3 is 0 Å². The Morgan fingerprint density at radius 2 is 1.81 bits per heavy atom. The Morgan fingerprint density at radius 3 is 2.56 bits per heavy atom. The summed E-state index contributed by atoms with van der Waals surface area (Å²) in [6.07, 6.45) is 0. The highest BCUT2D eigenvalue weighted by atomic mass is 32.2. The topological polar surface area (TPSA) is 97.0 Å². The lowest BCUT2D eigenvalue weighted by Crippen LogP contribution is -2.32. The Kier molecular flexibility index (Phi) is 5.24. The van der Waals surface area contributed by atoms with Crippen LogP contribution in [0.4, 0.5) is 11.4 Å². The van der Waals surface area contributed by atoms with Crippen molar-refractivity contribution in [1.82, 2.24) is 4.31 Å². The number of carbonyl (C=O) groups excluding carboxylic acids is 1. The minimum absolute atomic E-state index is 0.113. The predicted molar refractivity (Wildman–Crippen MR) is 102 cm³/mol. The molecule has 3 rings (SSSR count). The first kappa shape index (κ1) is 19.0. The summed E-state index contributed by atoms with van der Waals surface area (Å²) >= 11 is 0. The van der Waals surface area contributed by atoms with E-state index in [9.17, 15) is 13.2 Å². The number of nitrogens with one attached hydrogen (secondary N) is 2. The van der Waals surface area contributed by atoms with Crippen LogP contribution in [0, 0.1) is 0 Å². The van der Waals surface area contributed by atoms with Crippen LogP contribution in [-0.4, -0.2) is 45.6 Å². The lowest BCUT2D eigenvalue weighted by molar-refractivity contribution is -0.116. The first-order chi connectivity index (χ1) is 12.8. The van der Waals surface area contributed by atoms with Crippen molar-refractivity contribution in [2.45, 2.75) is 17.9 Å². The molecule has 0 aromatic heterocycles. The maximum absolute atomic E-state index is 12.5. The van der Waals surface area contributed by atoms with Crippen molar-refractivity contribution < 1.29 is 22.7 Å². The summed E-state index contributed by atoms with van der Waals surface area (Å²) in [7, 11) is -0.657. The number of ether oxygens (including phenoxy) is 2. The monoisotopic (exact) mass is 391 g/mol. The molecule has 0 saturated heterocycles. The molecule has 2 N–H and O–H groups in total. The van der Waals surface area contributed by atoms with E-state index >= 15 is 0 Å². The number of benzene rings is 2. The van der Waals surface area contributed by atoms with Crippen molar-refractivity contribution in [3.05, 3.63) is 42.5 Å². The Labute approximate surface area is 158 Å². The van der Waals surface area contributed by atoms with E-state index in [1.807, 2.05) is 0 Å². The molecule has 9 heteroatoms. The van der Waals surface area contributed by atoms with Gasteiger partial charge in [0.25, 0.3) is 0 Å². The van der Waals surface area contributed by atoms with Gasteiger partial charge in [-0.1, -0.05) is 6.07 Å². The SMILES string of the molecule is C[C@@H](Nc1ccc2c(c1)OCO2)C(=O)Nc1cccc(S(=O)(=O)N(C)C)c1. The Balaban J connectivity index is 1.68. The number of hydrogen-bond donors (Lipinski definition) is 2. The van der Waals surface area contributed by atoms with E-state index in [-0.39, 0.29) is 17.6 Å². The molecule has 0 fully saturated rings. The fourth-order valence-electron chi connectivity index (χ4n) is 2.50. The van der Waals surface area contributed by atoms with Gasteiger partial charge < -0.3 is 20.1 Å². The Bertz CT molecular complexity index is 959. The summed E-state index contributed by atoms with van der Waals surface area (Å²) in [6.45, 7) is 1.89. The maximum atomic E-state index is 12.5. The van der Waals surface area contributed by atoms with Gasteiger partial charge in [-0.15, -0.1) is 0 Å². The fraction of sp³-hybridized carbons (Fsp3) is 0.278. The van der Waals surface area contributed by atoms with Crippen molar-refractivity contribution >= 4 is 27.3 Å². The minimum Gasteiger partial charge on any atom is -0.454 e. The number of carbonyl (C=O) groups is 1. The molecule has 1 aliphatic rings. The molecule has 144 valence electrons. The third-order valence-corrected chi connectivity index (χ3v) is 5.84. The van der Waals surface area contributed by atoms with E-state index in [1.54, 1.807) is 37.3 Å². The number of hydrogen-bond acceptors (Lipinski definition) is 6. The molecule has 0 bridgehead atoms. The normalized spacial score (nSPS) is 14.1. The molecule has 1 atom stereocenters. The van der Waals surface area contributed by atoms with Crippen LogP contribution in [0.1, 0.15) is 6.92 Å². The molecule has 0 spiro atoms. The van der Waals surface area contributed by atoms with Crippen molar-refractivity contribution in [2.24, 2.45) is 0 Å². The van der Waals surface area contributed by atoms with Gasteiger partial charge in [0.15, 0.2) is 11.5 Å². The molecule has 2 aromatic carbocycles. The van der Waals surface area contributed by atoms with Gasteiger partial charge in [0.1, 0.15) is 6.04 Å². The smallest absolute Gasteiger partial charge is 0.246 e. The largest absolute Gasteiger partial charge is 0.454 e. The molecular weight excluding hydrogens is 370 g/mol. The average Bonchev–Trinajstić information content (AvgIpc) is 3.09. The minimum atomic E-state index is -3.57. The highest BCUT2D eigenvalue weighted by molar-refractivity contribution is 7.89. The second kappa shape index (κ2) is 7.45. The molecule has 1 heterocycles. The summed E-state index contributed by atoms with van der Waals surface area (Å²) in [6, 6.07) is 10.9. The van der Waals surface area contributed by atoms with E-state index < -0.39 is 16.1 Å². The molecule has 1 amide bonds. The average molecular weight is 391 g/mol. The molecule has 0 radical (unpaired) electrons. The number of nitrogens with zero attached hydrogens (tertiary/aromatic N) is 1. The number of rotatable bonds is 6. The number of fused-ring (bicyclic) bond motifs is 1. The number of sulfonamides is 1. The highest BCUT2D eigenvalue weighted by Crippen LogP contribution is 2.34. The second-order valence-corrected chi connectivity index (χ2v) is 8.39. The summed E-state index contributed by atoms with van der Waals surface area (Å²) < 4.78 is 36.1. The van der Waals surface area contributed by atoms with Crippen molar-refractivity contribution in [3.63, 3.8) is 0 Å². The maximum Gasteiger partial charge on any atom is 0.246 e. The summed E-state index contributed by atoms with van der Waals surface area (Å²) in [5.74, 6) is 0.984. The second-order valence-electron chi connectivity index (χ2n) is 6.24. The predicted octanol–water partition coefficient (Wildman–Crippen LogP) is 2.10. The molecule has 1 aliphatic heterocycles. The molecule has 0 aliphatic carbocycles. The van der Waals surface area contributed by atoms with E-state index in [4.69, 9.17) is 9.47 Å². The van der Waals surface area contributed by atoms with Crippen molar-refractivity contribution in [3.8, 4) is 11.5 Å². The van der Waals surface area contributed by atoms with Crippen LogP contribution >= 0.6 is 0 Å². The van der Waals surface area contributed by atoms with Crippen LogP contribution in [0.15, 0.2) is 47.4 Å². The zero-order valence-corrected chi connectivity index (χ0v) is 16.0. The van der Waals surface area contributed by atoms with Crippen LogP contribution in [0.3, 0.4) is 0 Å². The molecule has 0 unspecified atom stereocenters. The quantitative estimate of drug-likeness (QED) is 0.783. The van der Waals surface area contributed by atoms with Gasteiger partial charge in [0.2, 0.25) is 22.7 Å². The zero-order chi connectivity index (χ0) is 19.6. The van der Waals surface area contributed by atoms with E-state index in [1.165, 1.54) is 26.2 Å². The van der Waals surface area contributed by atoms with Crippen LogP contribution in [0.2, 0.25) is 0 Å². The highest BCUT2D eigenvalue weighted by Gasteiger charge is 2.19. The first-order valence-electron chi connectivity index (χ1n) is 8.27. The Morgan fingerprint density at radius 1 is 1.07 bits per heavy atom. The number of anilines is 2. The van der Waals surface area contributed by atoms with Crippen LogP contribution in [0.25, 0.3) is 0 Å². The molecular formula is C18H21N3O5S. The first-order valence-corrected chi connectivity index (χ1v) is 9.71. The lowest BCUT2D eigenvalue weighted by atomic mass is 10.2. The lowest BCUT2D eigenvalue weighted by Gasteiger charge is -2.16. The van der Waals surface area contributed by atoms with Gasteiger partial charge in [0.05, 0.1) is 4.90 Å². The fourth-order valence-corrected chi connectivity index (χ4v) is 3.45. The standard InChI is InChI=1S/C18H21N3O5S/c1-12(19-14-7-8-16-17(10-14)26-11-25-16)18(22)20-13-5-4-6-15(9-13)27(23,24)21(2)3/h4-10,12,19H,11H2,1-3H3,(H,20,22)/t12-/m1/s1. The molecule has 0 saturated carbocycles. The molecule has 2 aromatic rings. The van der Waals surface area contributed by atoms with Gasteiger partial charge in [-0.2, -0.15) is 0 Å². The van der Waals surface area contributed by atoms with Crippen molar-refractivity contribution in [2.75, 3.05) is 31.5 Å². The zero-order valence-electron chi connectivity index (χ0n) is 15.2. The van der Waals surface area contributed by atoms with Crippen LogP contribution < -0.4 is 20.1 Å². The van der Waals surface area contributed by atoms with E-state index in [0.717, 1.165) is 4.31 Å². The third kappa shape index (κ3) is 4.15. The Hall–Kier alpha value is -2.78. The summed E-state index contributed by atoms with van der Waals surface area (Å²) in [5, 5.41) is 5.81. The van der Waals surface area contributed by atoms with Crippen LogP contribution in [-0.2, 0) is 14.8 Å². The molecule has 27 heavy (non-hydrogen) atoms. The van der Waals surface area contributed by atoms with E-state index in [2.05, 4.69) is 10.6 Å². The van der Waals surface area contributed by atoms with Gasteiger partial charge in [-0.3, -0.25) is 4.79 Å². The molecule has 8 nitrogen and oxygen atoms in total.